The van der Waals surface area contributed by atoms with E-state index in [-0.39, 0.29) is 5.82 Å². The van der Waals surface area contributed by atoms with Crippen molar-refractivity contribution in [2.75, 3.05) is 27.4 Å². The molecule has 6 nitrogen and oxygen atoms in total. The molecule has 3 rings (SSSR count). The van der Waals surface area contributed by atoms with Crippen LogP contribution in [0.15, 0.2) is 47.5 Å². The van der Waals surface area contributed by atoms with Crippen LogP contribution in [0.4, 0.5) is 4.39 Å². The van der Waals surface area contributed by atoms with Crippen molar-refractivity contribution in [3.05, 3.63) is 58.7 Å². The van der Waals surface area contributed by atoms with Gasteiger partial charge in [0.15, 0.2) is 16.3 Å². The van der Waals surface area contributed by atoms with Gasteiger partial charge in [0, 0.05) is 19.2 Å². The number of rotatable bonds is 8. The first-order chi connectivity index (χ1) is 14.5. The topological polar surface area (TPSA) is 62.1 Å². The van der Waals surface area contributed by atoms with Gasteiger partial charge < -0.3 is 18.8 Å². The van der Waals surface area contributed by atoms with Gasteiger partial charge in [-0.1, -0.05) is 17.4 Å². The molecule has 0 spiro atoms. The highest BCUT2D eigenvalue weighted by Gasteiger charge is 2.09. The van der Waals surface area contributed by atoms with Gasteiger partial charge in [-0.25, -0.2) is 4.39 Å². The predicted octanol–water partition coefficient (Wildman–Crippen LogP) is 4.04. The number of halogens is 1. The lowest BCUT2D eigenvalue weighted by molar-refractivity contribution is -0.113. The van der Waals surface area contributed by atoms with Crippen LogP contribution in [0, 0.1) is 5.82 Å². The van der Waals surface area contributed by atoms with Gasteiger partial charge in [-0.2, -0.15) is 4.99 Å². The quantitative estimate of drug-likeness (QED) is 0.400. The standard InChI is InChI=1S/C22H23FN2O4S/c1-4-29-12-11-25-17-8-7-16(23)14-20(17)30-22(25)24-21(26)10-6-15-5-9-18(27-2)19(13-15)28-3/h5-10,13-14H,4,11-12H2,1-3H3. The van der Waals surface area contributed by atoms with E-state index in [4.69, 9.17) is 14.2 Å². The molecule has 3 aromatic rings. The summed E-state index contributed by atoms with van der Waals surface area (Å²) < 4.78 is 32.1. The van der Waals surface area contributed by atoms with Gasteiger partial charge in [0.1, 0.15) is 5.82 Å². The van der Waals surface area contributed by atoms with Gasteiger partial charge >= 0.3 is 0 Å². The molecular weight excluding hydrogens is 407 g/mol. The maximum atomic E-state index is 13.6. The summed E-state index contributed by atoms with van der Waals surface area (Å²) in [6.07, 6.45) is 3.05. The van der Waals surface area contributed by atoms with Crippen molar-refractivity contribution in [2.45, 2.75) is 13.5 Å². The number of carbonyl (C=O) groups is 1. The first-order valence-electron chi connectivity index (χ1n) is 9.41. The molecular formula is C22H23FN2O4S. The number of amides is 1. The minimum absolute atomic E-state index is 0.327. The number of nitrogens with zero attached hydrogens (tertiary/aromatic N) is 2. The van der Waals surface area contributed by atoms with Crippen molar-refractivity contribution in [3.63, 3.8) is 0 Å². The summed E-state index contributed by atoms with van der Waals surface area (Å²) in [6.45, 7) is 3.50. The fraction of sp³-hybridized carbons (Fsp3) is 0.273. The van der Waals surface area contributed by atoms with Crippen LogP contribution in [0.2, 0.25) is 0 Å². The Morgan fingerprint density at radius 2 is 1.97 bits per heavy atom. The highest BCUT2D eigenvalue weighted by Crippen LogP contribution is 2.28. The van der Waals surface area contributed by atoms with E-state index in [1.165, 1.54) is 29.5 Å². The molecule has 0 aliphatic carbocycles. The summed E-state index contributed by atoms with van der Waals surface area (Å²) in [5.74, 6) is 0.441. The van der Waals surface area contributed by atoms with Crippen LogP contribution in [0.25, 0.3) is 16.3 Å². The van der Waals surface area contributed by atoms with Crippen LogP contribution in [-0.4, -0.2) is 37.9 Å². The average Bonchev–Trinajstić information content (AvgIpc) is 3.08. The molecule has 1 heterocycles. The number of fused-ring (bicyclic) bond motifs is 1. The second kappa shape index (κ2) is 10.2. The molecule has 1 aromatic heterocycles. The summed E-state index contributed by atoms with van der Waals surface area (Å²) in [5.41, 5.74) is 1.59. The molecule has 30 heavy (non-hydrogen) atoms. The fourth-order valence-electron chi connectivity index (χ4n) is 2.90. The van der Waals surface area contributed by atoms with Gasteiger partial charge in [0.2, 0.25) is 0 Å². The maximum Gasteiger partial charge on any atom is 0.272 e. The SMILES string of the molecule is CCOCCn1c(=NC(=O)C=Cc2ccc(OC)c(OC)c2)sc2cc(F)ccc21. The monoisotopic (exact) mass is 430 g/mol. The van der Waals surface area contributed by atoms with E-state index in [0.717, 1.165) is 15.8 Å². The van der Waals surface area contributed by atoms with E-state index in [2.05, 4.69) is 4.99 Å². The Kier molecular flexibility index (Phi) is 7.37. The molecule has 0 radical (unpaired) electrons. The predicted molar refractivity (Wildman–Crippen MR) is 115 cm³/mol. The molecule has 2 aromatic carbocycles. The van der Waals surface area contributed by atoms with Crippen LogP contribution in [0.1, 0.15) is 12.5 Å². The first-order valence-corrected chi connectivity index (χ1v) is 10.2. The number of hydrogen-bond acceptors (Lipinski definition) is 5. The van der Waals surface area contributed by atoms with Crippen LogP contribution < -0.4 is 14.3 Å². The third-order valence-electron chi connectivity index (χ3n) is 4.34. The van der Waals surface area contributed by atoms with Crippen molar-refractivity contribution in [1.82, 2.24) is 4.57 Å². The zero-order valence-corrected chi connectivity index (χ0v) is 17.9. The van der Waals surface area contributed by atoms with Crippen LogP contribution in [0.3, 0.4) is 0 Å². The summed E-state index contributed by atoms with van der Waals surface area (Å²) in [5, 5.41) is 0. The summed E-state index contributed by atoms with van der Waals surface area (Å²) in [7, 11) is 3.12. The van der Waals surface area contributed by atoms with Crippen LogP contribution in [-0.2, 0) is 16.1 Å². The smallest absolute Gasteiger partial charge is 0.272 e. The Morgan fingerprint density at radius 1 is 1.17 bits per heavy atom. The molecule has 0 fully saturated rings. The number of benzene rings is 2. The summed E-state index contributed by atoms with van der Waals surface area (Å²) in [4.78, 5) is 17.2. The zero-order valence-electron chi connectivity index (χ0n) is 17.1. The molecule has 0 aliphatic rings. The van der Waals surface area contributed by atoms with E-state index in [0.29, 0.717) is 36.1 Å². The lowest BCUT2D eigenvalue weighted by Crippen LogP contribution is -2.19. The third-order valence-corrected chi connectivity index (χ3v) is 5.38. The van der Waals surface area contributed by atoms with E-state index in [9.17, 15) is 9.18 Å². The second-order valence-electron chi connectivity index (χ2n) is 6.24. The molecule has 0 saturated heterocycles. The summed E-state index contributed by atoms with van der Waals surface area (Å²) in [6, 6.07) is 9.89. The molecule has 0 unspecified atom stereocenters. The molecule has 0 saturated carbocycles. The van der Waals surface area contributed by atoms with E-state index in [1.807, 2.05) is 17.6 Å². The minimum Gasteiger partial charge on any atom is -0.493 e. The molecule has 1 amide bonds. The Morgan fingerprint density at radius 3 is 2.70 bits per heavy atom. The molecule has 158 valence electrons. The molecule has 0 atom stereocenters. The third kappa shape index (κ3) is 5.14. The van der Waals surface area contributed by atoms with Gasteiger partial charge in [0.25, 0.3) is 5.91 Å². The lowest BCUT2D eigenvalue weighted by atomic mass is 10.2. The van der Waals surface area contributed by atoms with E-state index in [1.54, 1.807) is 38.5 Å². The Balaban J connectivity index is 1.90. The Hall–Kier alpha value is -2.97. The van der Waals surface area contributed by atoms with Crippen molar-refractivity contribution in [3.8, 4) is 11.5 Å². The summed E-state index contributed by atoms with van der Waals surface area (Å²) >= 11 is 1.27. The highest BCUT2D eigenvalue weighted by molar-refractivity contribution is 7.16. The molecule has 0 N–H and O–H groups in total. The van der Waals surface area contributed by atoms with Crippen LogP contribution in [0.5, 0.6) is 11.5 Å². The highest BCUT2D eigenvalue weighted by atomic mass is 32.1. The number of hydrogen-bond donors (Lipinski definition) is 0. The zero-order chi connectivity index (χ0) is 21.5. The van der Waals surface area contributed by atoms with Crippen molar-refractivity contribution >= 4 is 33.5 Å². The second-order valence-corrected chi connectivity index (χ2v) is 7.25. The van der Waals surface area contributed by atoms with E-state index >= 15 is 0 Å². The van der Waals surface area contributed by atoms with E-state index < -0.39 is 5.91 Å². The number of methoxy groups -OCH3 is 2. The molecule has 8 heteroatoms. The number of aromatic nitrogens is 1. The molecule has 0 bridgehead atoms. The molecule has 0 aliphatic heterocycles. The van der Waals surface area contributed by atoms with Gasteiger partial charge in [0.05, 0.1) is 31.0 Å². The first kappa shape index (κ1) is 21.7. The lowest BCUT2D eigenvalue weighted by Gasteiger charge is -2.07. The minimum atomic E-state index is -0.415. The maximum absolute atomic E-state index is 13.6. The number of thiazole rings is 1. The van der Waals surface area contributed by atoms with Crippen molar-refractivity contribution in [1.29, 1.82) is 0 Å². The van der Waals surface area contributed by atoms with Crippen LogP contribution >= 0.6 is 11.3 Å². The van der Waals surface area contributed by atoms with Crippen molar-refractivity contribution < 1.29 is 23.4 Å². The average molecular weight is 431 g/mol. The Bertz CT molecular complexity index is 1130. The van der Waals surface area contributed by atoms with Crippen molar-refractivity contribution in [2.24, 2.45) is 4.99 Å². The Labute approximate surface area is 177 Å². The van der Waals surface area contributed by atoms with Gasteiger partial charge in [-0.05, 0) is 48.9 Å². The number of carbonyl (C=O) groups excluding carboxylic acids is 1. The largest absolute Gasteiger partial charge is 0.493 e. The van der Waals surface area contributed by atoms with Gasteiger partial charge in [-0.3, -0.25) is 4.79 Å². The fourth-order valence-corrected chi connectivity index (χ4v) is 3.99. The normalized spacial score (nSPS) is 12.1. The van der Waals surface area contributed by atoms with Gasteiger partial charge in [-0.15, -0.1) is 0 Å². The number of ether oxygens (including phenoxy) is 3.